The lowest BCUT2D eigenvalue weighted by atomic mass is 10.2. The van der Waals surface area contributed by atoms with Gasteiger partial charge in [-0.1, -0.05) is 60.7 Å². The van der Waals surface area contributed by atoms with Crippen LogP contribution in [-0.2, 0) is 13.1 Å². The molecule has 138 valence electrons. The van der Waals surface area contributed by atoms with Crippen molar-refractivity contribution in [2.45, 2.75) is 20.0 Å². The second-order valence-corrected chi connectivity index (χ2v) is 6.41. The van der Waals surface area contributed by atoms with Crippen LogP contribution in [0.4, 0.5) is 5.82 Å². The zero-order valence-electron chi connectivity index (χ0n) is 15.7. The maximum Gasteiger partial charge on any atom is 0.274 e. The highest BCUT2D eigenvalue weighted by molar-refractivity contribution is 5.92. The Morgan fingerprint density at radius 1 is 0.852 bits per heavy atom. The fourth-order valence-corrected chi connectivity index (χ4v) is 2.86. The van der Waals surface area contributed by atoms with Crippen molar-refractivity contribution in [2.75, 3.05) is 18.5 Å². The van der Waals surface area contributed by atoms with Gasteiger partial charge in [-0.2, -0.15) is 0 Å². The summed E-state index contributed by atoms with van der Waals surface area (Å²) in [7, 11) is 1.96. The zero-order valence-corrected chi connectivity index (χ0v) is 15.7. The molecule has 5 heteroatoms. The van der Waals surface area contributed by atoms with Gasteiger partial charge in [0.1, 0.15) is 11.5 Å². The Morgan fingerprint density at radius 2 is 1.44 bits per heavy atom. The molecule has 0 unspecified atom stereocenters. The first-order chi connectivity index (χ1) is 13.2. The van der Waals surface area contributed by atoms with Crippen molar-refractivity contribution in [3.05, 3.63) is 89.9 Å². The van der Waals surface area contributed by atoms with E-state index >= 15 is 0 Å². The van der Waals surface area contributed by atoms with Gasteiger partial charge in [-0.05, 0) is 18.1 Å². The molecule has 0 saturated heterocycles. The van der Waals surface area contributed by atoms with Gasteiger partial charge in [0.05, 0.1) is 12.4 Å². The molecule has 0 aliphatic heterocycles. The monoisotopic (exact) mass is 360 g/mol. The Kier molecular flexibility index (Phi) is 6.15. The third-order valence-electron chi connectivity index (χ3n) is 4.40. The summed E-state index contributed by atoms with van der Waals surface area (Å²) in [5, 5.41) is 0. The molecule has 3 aromatic rings. The van der Waals surface area contributed by atoms with Crippen molar-refractivity contribution < 1.29 is 4.79 Å². The van der Waals surface area contributed by atoms with Crippen molar-refractivity contribution in [1.82, 2.24) is 14.9 Å². The minimum absolute atomic E-state index is 0.105. The van der Waals surface area contributed by atoms with Crippen molar-refractivity contribution in [3.63, 3.8) is 0 Å². The molecule has 0 fully saturated rings. The van der Waals surface area contributed by atoms with Gasteiger partial charge >= 0.3 is 0 Å². The van der Waals surface area contributed by atoms with Crippen molar-refractivity contribution in [3.8, 4) is 0 Å². The summed E-state index contributed by atoms with van der Waals surface area (Å²) < 4.78 is 0. The SMILES string of the molecule is CCN(Cc1ccccc1)C(=O)c1cnc(N(C)Cc2ccccc2)cn1. The molecule has 0 N–H and O–H groups in total. The number of hydrogen-bond acceptors (Lipinski definition) is 4. The summed E-state index contributed by atoms with van der Waals surface area (Å²) in [5.41, 5.74) is 2.66. The average Bonchev–Trinajstić information content (AvgIpc) is 2.73. The number of benzene rings is 2. The smallest absolute Gasteiger partial charge is 0.274 e. The normalized spacial score (nSPS) is 10.4. The van der Waals surface area contributed by atoms with Crippen LogP contribution in [0.2, 0.25) is 0 Å². The third kappa shape index (κ3) is 4.91. The average molecular weight is 360 g/mol. The van der Waals surface area contributed by atoms with E-state index in [1.54, 1.807) is 17.3 Å². The highest BCUT2D eigenvalue weighted by Gasteiger charge is 2.17. The summed E-state index contributed by atoms with van der Waals surface area (Å²) in [6.45, 7) is 3.88. The lowest BCUT2D eigenvalue weighted by Gasteiger charge is -2.21. The molecule has 2 aromatic carbocycles. The van der Waals surface area contributed by atoms with E-state index < -0.39 is 0 Å². The highest BCUT2D eigenvalue weighted by Crippen LogP contribution is 2.13. The molecule has 3 rings (SSSR count). The Morgan fingerprint density at radius 3 is 1.96 bits per heavy atom. The van der Waals surface area contributed by atoms with Crippen LogP contribution in [0.15, 0.2) is 73.1 Å². The first-order valence-electron chi connectivity index (χ1n) is 9.07. The Bertz CT molecular complexity index is 851. The second kappa shape index (κ2) is 8.94. The molecule has 27 heavy (non-hydrogen) atoms. The zero-order chi connectivity index (χ0) is 19.1. The van der Waals surface area contributed by atoms with E-state index in [4.69, 9.17) is 0 Å². The molecule has 0 spiro atoms. The van der Waals surface area contributed by atoms with E-state index in [9.17, 15) is 4.79 Å². The quantitative estimate of drug-likeness (QED) is 0.643. The lowest BCUT2D eigenvalue weighted by Crippen LogP contribution is -2.31. The maximum atomic E-state index is 12.8. The molecule has 0 aliphatic carbocycles. The lowest BCUT2D eigenvalue weighted by molar-refractivity contribution is 0.0746. The number of carbonyl (C=O) groups is 1. The number of aromatic nitrogens is 2. The molecule has 5 nitrogen and oxygen atoms in total. The van der Waals surface area contributed by atoms with Crippen LogP contribution in [0.3, 0.4) is 0 Å². The largest absolute Gasteiger partial charge is 0.354 e. The third-order valence-corrected chi connectivity index (χ3v) is 4.40. The van der Waals surface area contributed by atoms with Crippen LogP contribution in [0, 0.1) is 0 Å². The maximum absolute atomic E-state index is 12.8. The molecule has 1 heterocycles. The van der Waals surface area contributed by atoms with E-state index in [-0.39, 0.29) is 5.91 Å². The van der Waals surface area contributed by atoms with Gasteiger partial charge in [0.25, 0.3) is 5.91 Å². The van der Waals surface area contributed by atoms with E-state index in [1.165, 1.54) is 5.56 Å². The number of rotatable bonds is 7. The molecular weight excluding hydrogens is 336 g/mol. The molecule has 0 aliphatic rings. The van der Waals surface area contributed by atoms with E-state index in [0.29, 0.717) is 18.8 Å². The molecule has 0 radical (unpaired) electrons. The van der Waals surface area contributed by atoms with Gasteiger partial charge in [0.2, 0.25) is 0 Å². The molecule has 0 saturated carbocycles. The minimum atomic E-state index is -0.105. The summed E-state index contributed by atoms with van der Waals surface area (Å²) in [6, 6.07) is 20.1. The molecular formula is C22H24N4O. The fourth-order valence-electron chi connectivity index (χ4n) is 2.86. The van der Waals surface area contributed by atoms with Gasteiger partial charge in [0, 0.05) is 26.7 Å². The first kappa shape index (κ1) is 18.6. The summed E-state index contributed by atoms with van der Waals surface area (Å²) in [6.07, 6.45) is 3.22. The standard InChI is InChI=1S/C22H24N4O/c1-3-26(17-19-12-8-5-9-13-19)22(27)20-14-24-21(15-23-20)25(2)16-18-10-6-4-7-11-18/h4-15H,3,16-17H2,1-2H3. The number of anilines is 1. The Hall–Kier alpha value is -3.21. The number of amides is 1. The van der Waals surface area contributed by atoms with Crippen molar-refractivity contribution in [2.24, 2.45) is 0 Å². The molecule has 1 aromatic heterocycles. The number of hydrogen-bond donors (Lipinski definition) is 0. The number of carbonyl (C=O) groups excluding carboxylic acids is 1. The van der Waals surface area contributed by atoms with Crippen LogP contribution >= 0.6 is 0 Å². The topological polar surface area (TPSA) is 49.3 Å². The molecule has 0 bridgehead atoms. The number of nitrogens with zero attached hydrogens (tertiary/aromatic N) is 4. The van der Waals surface area contributed by atoms with Crippen molar-refractivity contribution >= 4 is 11.7 Å². The van der Waals surface area contributed by atoms with Crippen LogP contribution in [-0.4, -0.2) is 34.4 Å². The van der Waals surface area contributed by atoms with E-state index in [2.05, 4.69) is 22.1 Å². The Balaban J connectivity index is 1.67. The van der Waals surface area contributed by atoms with Gasteiger partial charge in [-0.15, -0.1) is 0 Å². The Labute approximate surface area is 160 Å². The molecule has 1 amide bonds. The van der Waals surface area contributed by atoms with Gasteiger partial charge in [0.15, 0.2) is 0 Å². The van der Waals surface area contributed by atoms with Crippen LogP contribution in [0.25, 0.3) is 0 Å². The van der Waals surface area contributed by atoms with E-state index in [0.717, 1.165) is 17.9 Å². The fraction of sp³-hybridized carbons (Fsp3) is 0.227. The van der Waals surface area contributed by atoms with Crippen LogP contribution < -0.4 is 4.90 Å². The van der Waals surface area contributed by atoms with Crippen LogP contribution in [0.1, 0.15) is 28.5 Å². The summed E-state index contributed by atoms with van der Waals surface area (Å²) in [4.78, 5) is 25.3. The predicted octanol–water partition coefficient (Wildman–Crippen LogP) is 3.78. The first-order valence-corrected chi connectivity index (χ1v) is 9.07. The predicted molar refractivity (Wildman–Crippen MR) is 107 cm³/mol. The van der Waals surface area contributed by atoms with Crippen molar-refractivity contribution in [1.29, 1.82) is 0 Å². The van der Waals surface area contributed by atoms with Crippen LogP contribution in [0.5, 0.6) is 0 Å². The van der Waals surface area contributed by atoms with Gasteiger partial charge in [-0.3, -0.25) is 4.79 Å². The van der Waals surface area contributed by atoms with Gasteiger partial charge < -0.3 is 9.80 Å². The summed E-state index contributed by atoms with van der Waals surface area (Å²) >= 11 is 0. The minimum Gasteiger partial charge on any atom is -0.354 e. The summed E-state index contributed by atoms with van der Waals surface area (Å²) in [5.74, 6) is 0.632. The van der Waals surface area contributed by atoms with Gasteiger partial charge in [-0.25, -0.2) is 9.97 Å². The highest BCUT2D eigenvalue weighted by atomic mass is 16.2. The van der Waals surface area contributed by atoms with E-state index in [1.807, 2.05) is 67.4 Å². The second-order valence-electron chi connectivity index (χ2n) is 6.41. The molecule has 0 atom stereocenters.